The quantitative estimate of drug-likeness (QED) is 0.743. The largest absolute Gasteiger partial charge is 0.356 e. The molecule has 19 heavy (non-hydrogen) atoms. The fourth-order valence-electron chi connectivity index (χ4n) is 2.10. The van der Waals surface area contributed by atoms with Gasteiger partial charge in [0.05, 0.1) is 0 Å². The van der Waals surface area contributed by atoms with Crippen molar-refractivity contribution in [1.29, 1.82) is 0 Å². The monoisotopic (exact) mass is 327 g/mol. The Morgan fingerprint density at radius 1 is 1.21 bits per heavy atom. The van der Waals surface area contributed by atoms with Gasteiger partial charge < -0.3 is 10.2 Å². The summed E-state index contributed by atoms with van der Waals surface area (Å²) in [6, 6.07) is 2.17. The molecule has 0 saturated carbocycles. The van der Waals surface area contributed by atoms with Crippen LogP contribution in [0.25, 0.3) is 0 Å². The lowest BCUT2D eigenvalue weighted by Crippen LogP contribution is -2.28. The minimum atomic E-state index is 0.858. The molecule has 0 unspecified atom stereocenters. The molecule has 1 N–H and O–H groups in total. The highest BCUT2D eigenvalue weighted by atomic mass is 79.9. The standard InChI is InChI=1S/C15H26BrN3/c1-4-6-8-19(9-7-5-2)15-13(11-17-3)10-14(16)12-18-15/h10,12,17H,4-9,11H2,1-3H3. The second kappa shape index (κ2) is 9.32. The summed E-state index contributed by atoms with van der Waals surface area (Å²) in [6.45, 7) is 7.53. The van der Waals surface area contributed by atoms with Crippen molar-refractivity contribution in [2.24, 2.45) is 0 Å². The Hall–Kier alpha value is -0.610. The molecule has 0 aromatic carbocycles. The fourth-order valence-corrected chi connectivity index (χ4v) is 2.48. The first-order valence-corrected chi connectivity index (χ1v) is 8.06. The van der Waals surface area contributed by atoms with Gasteiger partial charge in [-0.15, -0.1) is 0 Å². The van der Waals surface area contributed by atoms with Crippen molar-refractivity contribution in [1.82, 2.24) is 10.3 Å². The minimum absolute atomic E-state index is 0.858. The summed E-state index contributed by atoms with van der Waals surface area (Å²) in [6.07, 6.45) is 6.79. The Bertz CT molecular complexity index is 360. The smallest absolute Gasteiger partial charge is 0.133 e. The minimum Gasteiger partial charge on any atom is -0.356 e. The van der Waals surface area contributed by atoms with Gasteiger partial charge >= 0.3 is 0 Å². The second-order valence-corrected chi connectivity index (χ2v) is 5.78. The summed E-state index contributed by atoms with van der Waals surface area (Å²) in [4.78, 5) is 7.08. The number of rotatable bonds is 9. The van der Waals surface area contributed by atoms with Crippen molar-refractivity contribution in [2.45, 2.75) is 46.1 Å². The predicted molar refractivity (Wildman–Crippen MR) is 86.7 cm³/mol. The third kappa shape index (κ3) is 5.49. The Balaban J connectivity index is 2.91. The van der Waals surface area contributed by atoms with Crippen LogP contribution in [0.3, 0.4) is 0 Å². The number of nitrogens with one attached hydrogen (secondary N) is 1. The van der Waals surface area contributed by atoms with E-state index >= 15 is 0 Å². The zero-order valence-corrected chi connectivity index (χ0v) is 14.0. The zero-order valence-electron chi connectivity index (χ0n) is 12.4. The predicted octanol–water partition coefficient (Wildman–Crippen LogP) is 3.97. The maximum Gasteiger partial charge on any atom is 0.133 e. The summed E-state index contributed by atoms with van der Waals surface area (Å²) in [5, 5.41) is 3.23. The number of hydrogen-bond acceptors (Lipinski definition) is 3. The molecule has 0 aliphatic rings. The molecule has 0 spiro atoms. The molecule has 0 atom stereocenters. The summed E-state index contributed by atoms with van der Waals surface area (Å²) in [7, 11) is 1.98. The van der Waals surface area contributed by atoms with E-state index in [4.69, 9.17) is 0 Å². The van der Waals surface area contributed by atoms with Gasteiger partial charge in [-0.05, 0) is 41.9 Å². The molecule has 4 heteroatoms. The van der Waals surface area contributed by atoms with Gasteiger partial charge in [0, 0.05) is 35.9 Å². The van der Waals surface area contributed by atoms with Gasteiger partial charge in [-0.25, -0.2) is 4.98 Å². The maximum absolute atomic E-state index is 4.64. The number of unbranched alkanes of at least 4 members (excludes halogenated alkanes) is 2. The van der Waals surface area contributed by atoms with Crippen molar-refractivity contribution in [3.8, 4) is 0 Å². The van der Waals surface area contributed by atoms with Crippen LogP contribution < -0.4 is 10.2 Å². The van der Waals surface area contributed by atoms with Crippen LogP contribution in [0, 0.1) is 0 Å². The number of hydrogen-bond donors (Lipinski definition) is 1. The molecule has 0 bridgehead atoms. The summed E-state index contributed by atoms with van der Waals surface area (Å²) in [5.74, 6) is 1.14. The van der Waals surface area contributed by atoms with Crippen molar-refractivity contribution in [3.63, 3.8) is 0 Å². The molecular weight excluding hydrogens is 302 g/mol. The van der Waals surface area contributed by atoms with Crippen LogP contribution in [-0.4, -0.2) is 25.1 Å². The first-order chi connectivity index (χ1) is 9.22. The molecule has 1 aromatic heterocycles. The topological polar surface area (TPSA) is 28.2 Å². The van der Waals surface area contributed by atoms with Crippen molar-refractivity contribution in [2.75, 3.05) is 25.0 Å². The Labute approximate surface area is 125 Å². The van der Waals surface area contributed by atoms with Crippen LogP contribution in [-0.2, 0) is 6.54 Å². The SMILES string of the molecule is CCCCN(CCCC)c1ncc(Br)cc1CNC. The van der Waals surface area contributed by atoms with E-state index in [2.05, 4.69) is 51.0 Å². The Morgan fingerprint density at radius 3 is 2.37 bits per heavy atom. The first kappa shape index (κ1) is 16.4. The summed E-state index contributed by atoms with van der Waals surface area (Å²) >= 11 is 3.51. The average molecular weight is 328 g/mol. The van der Waals surface area contributed by atoms with Crippen molar-refractivity contribution in [3.05, 3.63) is 22.3 Å². The Kier molecular flexibility index (Phi) is 8.07. The first-order valence-electron chi connectivity index (χ1n) is 7.26. The fraction of sp³-hybridized carbons (Fsp3) is 0.667. The molecule has 1 heterocycles. The van der Waals surface area contributed by atoms with E-state index in [9.17, 15) is 0 Å². The Morgan fingerprint density at radius 2 is 1.84 bits per heavy atom. The number of halogens is 1. The molecule has 0 saturated heterocycles. The van der Waals surface area contributed by atoms with Gasteiger partial charge in [0.25, 0.3) is 0 Å². The van der Waals surface area contributed by atoms with E-state index in [0.717, 1.165) is 29.9 Å². The molecule has 0 fully saturated rings. The summed E-state index contributed by atoms with van der Waals surface area (Å²) in [5.41, 5.74) is 1.27. The van der Waals surface area contributed by atoms with Crippen LogP contribution in [0.4, 0.5) is 5.82 Å². The van der Waals surface area contributed by atoms with Crippen LogP contribution in [0.2, 0.25) is 0 Å². The van der Waals surface area contributed by atoms with Crippen molar-refractivity contribution < 1.29 is 0 Å². The molecule has 0 amide bonds. The summed E-state index contributed by atoms with van der Waals surface area (Å²) < 4.78 is 1.05. The molecule has 1 rings (SSSR count). The highest BCUT2D eigenvalue weighted by Gasteiger charge is 2.12. The number of nitrogens with zero attached hydrogens (tertiary/aromatic N) is 2. The van der Waals surface area contributed by atoms with Gasteiger partial charge in [0.15, 0.2) is 0 Å². The zero-order chi connectivity index (χ0) is 14.1. The van der Waals surface area contributed by atoms with E-state index in [1.807, 2.05) is 13.2 Å². The van der Waals surface area contributed by atoms with Gasteiger partial charge in [0.2, 0.25) is 0 Å². The van der Waals surface area contributed by atoms with E-state index in [1.54, 1.807) is 0 Å². The molecule has 1 aromatic rings. The molecule has 108 valence electrons. The van der Waals surface area contributed by atoms with Crippen LogP contribution in [0.1, 0.15) is 45.1 Å². The van der Waals surface area contributed by atoms with Gasteiger partial charge in [-0.1, -0.05) is 26.7 Å². The number of anilines is 1. The second-order valence-electron chi connectivity index (χ2n) is 4.86. The molecule has 0 aliphatic heterocycles. The lowest BCUT2D eigenvalue weighted by Gasteiger charge is -2.26. The average Bonchev–Trinajstić information content (AvgIpc) is 2.40. The normalized spacial score (nSPS) is 10.7. The molecule has 0 radical (unpaired) electrons. The lowest BCUT2D eigenvalue weighted by atomic mass is 10.2. The lowest BCUT2D eigenvalue weighted by molar-refractivity contribution is 0.664. The molecule has 0 aliphatic carbocycles. The van der Waals surface area contributed by atoms with E-state index in [0.29, 0.717) is 0 Å². The van der Waals surface area contributed by atoms with Gasteiger partial charge in [0.1, 0.15) is 5.82 Å². The number of aromatic nitrogens is 1. The third-order valence-electron chi connectivity index (χ3n) is 3.14. The maximum atomic E-state index is 4.64. The van der Waals surface area contributed by atoms with Crippen LogP contribution in [0.15, 0.2) is 16.7 Å². The number of pyridine rings is 1. The van der Waals surface area contributed by atoms with Crippen LogP contribution in [0.5, 0.6) is 0 Å². The molecular formula is C15H26BrN3. The van der Waals surface area contributed by atoms with Crippen molar-refractivity contribution >= 4 is 21.7 Å². The van der Waals surface area contributed by atoms with E-state index in [-0.39, 0.29) is 0 Å². The van der Waals surface area contributed by atoms with Crippen LogP contribution >= 0.6 is 15.9 Å². The highest BCUT2D eigenvalue weighted by molar-refractivity contribution is 9.10. The third-order valence-corrected chi connectivity index (χ3v) is 3.57. The van der Waals surface area contributed by atoms with Gasteiger partial charge in [-0.3, -0.25) is 0 Å². The van der Waals surface area contributed by atoms with Gasteiger partial charge in [-0.2, -0.15) is 0 Å². The van der Waals surface area contributed by atoms with E-state index < -0.39 is 0 Å². The molecule has 3 nitrogen and oxygen atoms in total. The van der Waals surface area contributed by atoms with E-state index in [1.165, 1.54) is 31.2 Å². The highest BCUT2D eigenvalue weighted by Crippen LogP contribution is 2.22.